The molecule has 162 valence electrons. The quantitative estimate of drug-likeness (QED) is 0.301. The summed E-state index contributed by atoms with van der Waals surface area (Å²) in [6, 6.07) is 1.59. The van der Waals surface area contributed by atoms with E-state index in [1.807, 2.05) is 4.72 Å². The van der Waals surface area contributed by atoms with Crippen molar-refractivity contribution in [3.63, 3.8) is 0 Å². The van der Waals surface area contributed by atoms with Crippen molar-refractivity contribution >= 4 is 21.8 Å². The number of halogens is 1. The number of fused-ring (bicyclic) bond motifs is 1. The number of carbonyl (C=O) groups is 1. The van der Waals surface area contributed by atoms with Crippen molar-refractivity contribution < 1.29 is 31.8 Å². The van der Waals surface area contributed by atoms with Crippen molar-refractivity contribution in [2.45, 2.75) is 25.7 Å². The van der Waals surface area contributed by atoms with E-state index in [0.717, 1.165) is 5.57 Å². The van der Waals surface area contributed by atoms with Crippen LogP contribution in [0.4, 0.5) is 10.1 Å². The Bertz CT molecular complexity index is 1000. The van der Waals surface area contributed by atoms with E-state index in [2.05, 4.69) is 4.85 Å². The first kappa shape index (κ1) is 22.0. The van der Waals surface area contributed by atoms with Gasteiger partial charge in [0, 0.05) is 7.11 Å². The van der Waals surface area contributed by atoms with Crippen LogP contribution in [0, 0.1) is 12.4 Å². The molecule has 30 heavy (non-hydrogen) atoms. The Kier molecular flexibility index (Phi) is 6.91. The molecule has 0 saturated carbocycles. The highest BCUT2D eigenvalue weighted by molar-refractivity contribution is 7.92. The van der Waals surface area contributed by atoms with Gasteiger partial charge in [-0.05, 0) is 42.9 Å². The second-order valence-electron chi connectivity index (χ2n) is 6.79. The minimum atomic E-state index is -4.23. The standard InChI is InChI=1S/C19H22FN3O6S/c1-21-10-13-3-5-14-9-16(29-12-28-8-7-27-2)19(18(20)15(14)6-4-13)23-11-17(24)22-30(23,25)26/h9-10H,3-8,11-12H2,2H3,(H,22,24)/b13-10-. The van der Waals surface area contributed by atoms with E-state index >= 15 is 4.39 Å². The third-order valence-electron chi connectivity index (χ3n) is 4.86. The first-order valence-corrected chi connectivity index (χ1v) is 10.7. The molecule has 1 aromatic carbocycles. The maximum atomic E-state index is 15.6. The molecule has 1 fully saturated rings. The Balaban J connectivity index is 2.00. The van der Waals surface area contributed by atoms with Crippen LogP contribution in [0.25, 0.3) is 4.85 Å². The van der Waals surface area contributed by atoms with Crippen LogP contribution < -0.4 is 13.8 Å². The lowest BCUT2D eigenvalue weighted by atomic mass is 10.0. The summed E-state index contributed by atoms with van der Waals surface area (Å²) in [6.07, 6.45) is 3.34. The Hall–Kier alpha value is -2.68. The highest BCUT2D eigenvalue weighted by Crippen LogP contribution is 2.40. The number of hydrogen-bond acceptors (Lipinski definition) is 6. The fourth-order valence-electron chi connectivity index (χ4n) is 3.42. The van der Waals surface area contributed by atoms with Crippen LogP contribution in [-0.2, 0) is 37.3 Å². The van der Waals surface area contributed by atoms with Crippen LogP contribution in [0.5, 0.6) is 5.75 Å². The zero-order chi connectivity index (χ0) is 21.7. The van der Waals surface area contributed by atoms with Crippen molar-refractivity contribution in [3.05, 3.63) is 46.2 Å². The van der Waals surface area contributed by atoms with Crippen molar-refractivity contribution in [3.8, 4) is 5.75 Å². The molecular formula is C19H22FN3O6S. The Morgan fingerprint density at radius 1 is 1.30 bits per heavy atom. The number of benzene rings is 1. The van der Waals surface area contributed by atoms with Crippen LogP contribution in [0.15, 0.2) is 17.8 Å². The lowest BCUT2D eigenvalue weighted by molar-refractivity contribution is -0.117. The summed E-state index contributed by atoms with van der Waals surface area (Å²) >= 11 is 0. The molecule has 1 N–H and O–H groups in total. The molecular weight excluding hydrogens is 417 g/mol. The van der Waals surface area contributed by atoms with Crippen molar-refractivity contribution in [2.24, 2.45) is 0 Å². The average molecular weight is 439 g/mol. The number of ether oxygens (including phenoxy) is 3. The van der Waals surface area contributed by atoms with Crippen LogP contribution in [-0.4, -0.2) is 48.0 Å². The fourth-order valence-corrected chi connectivity index (χ4v) is 4.58. The lowest BCUT2D eigenvalue weighted by Crippen LogP contribution is -2.31. The molecule has 1 aliphatic heterocycles. The lowest BCUT2D eigenvalue weighted by Gasteiger charge is -2.22. The maximum absolute atomic E-state index is 15.6. The van der Waals surface area contributed by atoms with Gasteiger partial charge >= 0.3 is 10.2 Å². The second-order valence-corrected chi connectivity index (χ2v) is 8.39. The molecule has 0 unspecified atom stereocenters. The zero-order valence-electron chi connectivity index (χ0n) is 16.4. The molecule has 1 saturated heterocycles. The van der Waals surface area contributed by atoms with E-state index in [9.17, 15) is 13.2 Å². The number of anilines is 1. The largest absolute Gasteiger partial charge is 0.465 e. The monoisotopic (exact) mass is 439 g/mol. The van der Waals surface area contributed by atoms with Gasteiger partial charge in [-0.1, -0.05) is 5.57 Å². The van der Waals surface area contributed by atoms with E-state index in [-0.39, 0.29) is 24.8 Å². The van der Waals surface area contributed by atoms with Crippen LogP contribution in [0.3, 0.4) is 0 Å². The van der Waals surface area contributed by atoms with Gasteiger partial charge in [-0.15, -0.1) is 0 Å². The normalized spacial score (nSPS) is 19.2. The van der Waals surface area contributed by atoms with Crippen molar-refractivity contribution in [2.75, 3.05) is 38.0 Å². The molecule has 11 heteroatoms. The summed E-state index contributed by atoms with van der Waals surface area (Å²) in [6.45, 7) is 6.80. The van der Waals surface area contributed by atoms with Crippen LogP contribution >= 0.6 is 0 Å². The molecule has 0 atom stereocenters. The fraction of sp³-hybridized carbons (Fsp3) is 0.474. The predicted octanol–water partition coefficient (Wildman–Crippen LogP) is 1.69. The van der Waals surface area contributed by atoms with Gasteiger partial charge in [-0.3, -0.25) is 4.79 Å². The number of methoxy groups -OCH3 is 1. The van der Waals surface area contributed by atoms with Gasteiger partial charge in [0.15, 0.2) is 18.8 Å². The minimum Gasteiger partial charge on any atom is -0.465 e. The first-order valence-electron chi connectivity index (χ1n) is 9.29. The number of rotatable bonds is 7. The Labute approximate surface area is 174 Å². The van der Waals surface area contributed by atoms with Gasteiger partial charge in [-0.2, -0.15) is 8.42 Å². The van der Waals surface area contributed by atoms with Crippen molar-refractivity contribution in [1.82, 2.24) is 4.72 Å². The third kappa shape index (κ3) is 4.72. The molecule has 0 bridgehead atoms. The number of allylic oxidation sites excluding steroid dienone is 1. The second kappa shape index (κ2) is 9.42. The predicted molar refractivity (Wildman–Crippen MR) is 105 cm³/mol. The van der Waals surface area contributed by atoms with Gasteiger partial charge in [0.05, 0.1) is 19.8 Å². The first-order chi connectivity index (χ1) is 14.4. The number of amides is 1. The van der Waals surface area contributed by atoms with E-state index in [1.54, 1.807) is 6.07 Å². The molecule has 2 aliphatic rings. The van der Waals surface area contributed by atoms with Gasteiger partial charge < -0.3 is 14.2 Å². The maximum Gasteiger partial charge on any atom is 0.326 e. The number of nitrogens with zero attached hydrogens (tertiary/aromatic N) is 2. The summed E-state index contributed by atoms with van der Waals surface area (Å²) in [4.78, 5) is 15.0. The molecule has 0 radical (unpaired) electrons. The summed E-state index contributed by atoms with van der Waals surface area (Å²) in [5, 5.41) is 0. The van der Waals surface area contributed by atoms with E-state index in [1.165, 1.54) is 13.3 Å². The molecule has 0 aromatic heterocycles. The van der Waals surface area contributed by atoms with Gasteiger partial charge in [0.25, 0.3) is 5.91 Å². The summed E-state index contributed by atoms with van der Waals surface area (Å²) in [5.74, 6) is -1.53. The van der Waals surface area contributed by atoms with E-state index < -0.39 is 28.5 Å². The smallest absolute Gasteiger partial charge is 0.326 e. The SMILES string of the molecule is [C-]#[N+]/C=C1/CCc2cc(OCOCCOC)c(N3CC(=O)NS3(=O)=O)c(F)c2CC1. The van der Waals surface area contributed by atoms with Gasteiger partial charge in [0.1, 0.15) is 18.0 Å². The molecule has 1 amide bonds. The Morgan fingerprint density at radius 2 is 2.07 bits per heavy atom. The topological polar surface area (TPSA) is 98.5 Å². The minimum absolute atomic E-state index is 0.0265. The number of carbonyl (C=O) groups excluding carboxylic acids is 1. The zero-order valence-corrected chi connectivity index (χ0v) is 17.3. The summed E-state index contributed by atoms with van der Waals surface area (Å²) in [7, 11) is -2.71. The molecule has 1 aromatic rings. The third-order valence-corrected chi connectivity index (χ3v) is 6.23. The van der Waals surface area contributed by atoms with Crippen LogP contribution in [0.1, 0.15) is 24.0 Å². The molecule has 0 spiro atoms. The number of nitrogens with one attached hydrogen (secondary N) is 1. The summed E-state index contributed by atoms with van der Waals surface area (Å²) in [5.41, 5.74) is 1.62. The van der Waals surface area contributed by atoms with Crippen LogP contribution in [0.2, 0.25) is 0 Å². The molecule has 1 heterocycles. The van der Waals surface area contributed by atoms with Gasteiger partial charge in [-0.25, -0.2) is 18.3 Å². The number of aryl methyl sites for hydroxylation is 1. The molecule has 1 aliphatic carbocycles. The number of hydrogen-bond donors (Lipinski definition) is 1. The highest BCUT2D eigenvalue weighted by Gasteiger charge is 2.39. The molecule has 9 nitrogen and oxygen atoms in total. The highest BCUT2D eigenvalue weighted by atomic mass is 32.2. The van der Waals surface area contributed by atoms with Crippen molar-refractivity contribution in [1.29, 1.82) is 0 Å². The van der Waals surface area contributed by atoms with E-state index in [4.69, 9.17) is 20.8 Å². The molecule has 3 rings (SSSR count). The van der Waals surface area contributed by atoms with Gasteiger partial charge in [0.2, 0.25) is 0 Å². The average Bonchev–Trinajstić information content (AvgIpc) is 2.84. The Morgan fingerprint density at radius 3 is 2.73 bits per heavy atom. The summed E-state index contributed by atoms with van der Waals surface area (Å²) < 4.78 is 58.5. The van der Waals surface area contributed by atoms with E-state index in [0.29, 0.717) is 47.7 Å².